The van der Waals surface area contributed by atoms with E-state index >= 15 is 0 Å². The van der Waals surface area contributed by atoms with Gasteiger partial charge in [0.15, 0.2) is 5.78 Å². The number of benzene rings is 1. The van der Waals surface area contributed by atoms with Gasteiger partial charge in [0.1, 0.15) is 0 Å². The molecule has 1 aliphatic carbocycles. The highest BCUT2D eigenvalue weighted by Gasteiger charge is 2.34. The van der Waals surface area contributed by atoms with Crippen molar-refractivity contribution in [1.82, 2.24) is 4.90 Å². The van der Waals surface area contributed by atoms with Gasteiger partial charge in [0.05, 0.1) is 0 Å². The van der Waals surface area contributed by atoms with E-state index in [0.717, 1.165) is 32.1 Å². The number of hydrogen-bond donors (Lipinski definition) is 1. The monoisotopic (exact) mass is 370 g/mol. The molecular weight excluding hydrogens is 347 g/mol. The molecule has 1 heterocycles. The summed E-state index contributed by atoms with van der Waals surface area (Å²) in [5.74, 6) is 0.492. The number of nitrogens with zero attached hydrogens (tertiary/aromatic N) is 1. The molecule has 1 aromatic carbocycles. The number of ketones is 1. The van der Waals surface area contributed by atoms with Crippen LogP contribution in [0.1, 0.15) is 42.5 Å². The first kappa shape index (κ1) is 19.2. The zero-order valence-electron chi connectivity index (χ0n) is 13.6. The number of hydrogen-bond acceptors (Lipinski definition) is 3. The molecule has 2 fully saturated rings. The van der Waals surface area contributed by atoms with Crippen LogP contribution in [0.4, 0.5) is 0 Å². The zero-order valence-corrected chi connectivity index (χ0v) is 15.2. The third kappa shape index (κ3) is 4.29. The van der Waals surface area contributed by atoms with E-state index in [2.05, 4.69) is 0 Å². The van der Waals surface area contributed by atoms with Gasteiger partial charge in [-0.05, 0) is 56.4 Å². The van der Waals surface area contributed by atoms with Crippen molar-refractivity contribution in [2.45, 2.75) is 38.1 Å². The van der Waals surface area contributed by atoms with Crippen molar-refractivity contribution in [2.24, 2.45) is 17.6 Å². The molecule has 1 amide bonds. The maximum absolute atomic E-state index is 12.5. The quantitative estimate of drug-likeness (QED) is 0.830. The molecule has 2 unspecified atom stereocenters. The summed E-state index contributed by atoms with van der Waals surface area (Å²) in [5.41, 5.74) is 6.61. The number of amides is 1. The second-order valence-corrected chi connectivity index (χ2v) is 7.18. The minimum Gasteiger partial charge on any atom is -0.342 e. The molecule has 24 heavy (non-hydrogen) atoms. The first-order chi connectivity index (χ1) is 11.0. The second kappa shape index (κ2) is 8.32. The summed E-state index contributed by atoms with van der Waals surface area (Å²) < 4.78 is 0. The third-order valence-electron chi connectivity index (χ3n) is 5.13. The molecule has 4 nitrogen and oxygen atoms in total. The third-order valence-corrected chi connectivity index (χ3v) is 5.38. The van der Waals surface area contributed by atoms with E-state index < -0.39 is 0 Å². The number of carbonyl (C=O) groups excluding carboxylic acids is 2. The molecule has 3 rings (SSSR count). The van der Waals surface area contributed by atoms with Crippen LogP contribution >= 0.6 is 24.0 Å². The Kier molecular flexibility index (Phi) is 6.67. The van der Waals surface area contributed by atoms with Crippen LogP contribution < -0.4 is 5.73 Å². The van der Waals surface area contributed by atoms with E-state index in [4.69, 9.17) is 17.3 Å². The Labute approximate surface area is 154 Å². The van der Waals surface area contributed by atoms with Crippen LogP contribution in [0.15, 0.2) is 24.3 Å². The Balaban J connectivity index is 0.00000208. The maximum atomic E-state index is 12.5. The van der Waals surface area contributed by atoms with Gasteiger partial charge in [-0.3, -0.25) is 9.59 Å². The fourth-order valence-corrected chi connectivity index (χ4v) is 3.84. The van der Waals surface area contributed by atoms with Gasteiger partial charge in [0.25, 0.3) is 0 Å². The lowest BCUT2D eigenvalue weighted by atomic mass is 9.88. The minimum atomic E-state index is 0. The standard InChI is InChI=1S/C18H23ClN2O2.ClH/c19-15-4-1-12(2-5-15)17(22)13-7-9-21(10-8-13)18(23)14-3-6-16(20)11-14;/h1-2,4-5,13-14,16H,3,6-11,20H2;1H. The molecule has 2 aliphatic rings. The Bertz CT molecular complexity index is 583. The van der Waals surface area contributed by atoms with Crippen LogP contribution in [0.25, 0.3) is 0 Å². The predicted octanol–water partition coefficient (Wildman–Crippen LogP) is 3.31. The summed E-state index contributed by atoms with van der Waals surface area (Å²) in [6.07, 6.45) is 4.14. The van der Waals surface area contributed by atoms with E-state index in [1.54, 1.807) is 24.3 Å². The Morgan fingerprint density at radius 3 is 2.17 bits per heavy atom. The Morgan fingerprint density at radius 2 is 1.62 bits per heavy atom. The molecule has 0 bridgehead atoms. The lowest BCUT2D eigenvalue weighted by Crippen LogP contribution is -2.43. The van der Waals surface area contributed by atoms with Gasteiger partial charge in [-0.15, -0.1) is 12.4 Å². The first-order valence-electron chi connectivity index (χ1n) is 8.38. The number of halogens is 2. The van der Waals surface area contributed by atoms with Crippen LogP contribution in [0.2, 0.25) is 5.02 Å². The smallest absolute Gasteiger partial charge is 0.225 e. The molecule has 2 N–H and O–H groups in total. The number of Topliss-reactive ketones (excluding diaryl/α,β-unsaturated/α-hetero) is 1. The fourth-order valence-electron chi connectivity index (χ4n) is 3.71. The zero-order chi connectivity index (χ0) is 16.4. The van der Waals surface area contributed by atoms with Crippen molar-refractivity contribution < 1.29 is 9.59 Å². The average molecular weight is 371 g/mol. The lowest BCUT2D eigenvalue weighted by Gasteiger charge is -2.33. The fraction of sp³-hybridized carbons (Fsp3) is 0.556. The molecule has 0 aromatic heterocycles. The molecule has 1 saturated heterocycles. The number of piperidine rings is 1. The van der Waals surface area contributed by atoms with Crippen molar-refractivity contribution >= 4 is 35.7 Å². The predicted molar refractivity (Wildman–Crippen MR) is 97.7 cm³/mol. The molecule has 1 aromatic rings. The first-order valence-corrected chi connectivity index (χ1v) is 8.76. The number of carbonyl (C=O) groups is 2. The summed E-state index contributed by atoms with van der Waals surface area (Å²) in [4.78, 5) is 26.9. The second-order valence-electron chi connectivity index (χ2n) is 6.74. The Hall–Kier alpha value is -1.10. The topological polar surface area (TPSA) is 63.4 Å². The summed E-state index contributed by atoms with van der Waals surface area (Å²) in [5, 5.41) is 0.636. The van der Waals surface area contributed by atoms with Crippen LogP contribution in [0.5, 0.6) is 0 Å². The molecule has 1 aliphatic heterocycles. The van der Waals surface area contributed by atoms with Crippen molar-refractivity contribution in [3.63, 3.8) is 0 Å². The van der Waals surface area contributed by atoms with E-state index in [0.29, 0.717) is 23.7 Å². The van der Waals surface area contributed by atoms with E-state index in [1.807, 2.05) is 4.90 Å². The average Bonchev–Trinajstić information content (AvgIpc) is 3.01. The molecular formula is C18H24Cl2N2O2. The molecule has 0 radical (unpaired) electrons. The van der Waals surface area contributed by atoms with Crippen molar-refractivity contribution in [2.75, 3.05) is 13.1 Å². The highest BCUT2D eigenvalue weighted by molar-refractivity contribution is 6.30. The molecule has 1 saturated carbocycles. The van der Waals surface area contributed by atoms with Crippen LogP contribution in [0.3, 0.4) is 0 Å². The van der Waals surface area contributed by atoms with Crippen molar-refractivity contribution in [3.05, 3.63) is 34.9 Å². The summed E-state index contributed by atoms with van der Waals surface area (Å²) in [7, 11) is 0. The molecule has 0 spiro atoms. The van der Waals surface area contributed by atoms with Gasteiger partial charge < -0.3 is 10.6 Å². The number of nitrogens with two attached hydrogens (primary N) is 1. The number of rotatable bonds is 3. The van der Waals surface area contributed by atoms with E-state index in [1.165, 1.54) is 0 Å². The van der Waals surface area contributed by atoms with Gasteiger partial charge in [-0.2, -0.15) is 0 Å². The van der Waals surface area contributed by atoms with Gasteiger partial charge in [-0.25, -0.2) is 0 Å². The summed E-state index contributed by atoms with van der Waals surface area (Å²) in [6.45, 7) is 1.35. The van der Waals surface area contributed by atoms with E-state index in [9.17, 15) is 9.59 Å². The van der Waals surface area contributed by atoms with Gasteiger partial charge in [-0.1, -0.05) is 11.6 Å². The van der Waals surface area contributed by atoms with Gasteiger partial charge >= 0.3 is 0 Å². The molecule has 2 atom stereocenters. The highest BCUT2D eigenvalue weighted by Crippen LogP contribution is 2.29. The molecule has 6 heteroatoms. The van der Waals surface area contributed by atoms with Crippen LogP contribution in [-0.4, -0.2) is 35.7 Å². The summed E-state index contributed by atoms with van der Waals surface area (Å²) >= 11 is 5.86. The highest BCUT2D eigenvalue weighted by atomic mass is 35.5. The van der Waals surface area contributed by atoms with Crippen LogP contribution in [0, 0.1) is 11.8 Å². The number of likely N-dealkylation sites (tertiary alicyclic amines) is 1. The lowest BCUT2D eigenvalue weighted by molar-refractivity contribution is -0.136. The maximum Gasteiger partial charge on any atom is 0.225 e. The van der Waals surface area contributed by atoms with E-state index in [-0.39, 0.29) is 42.0 Å². The normalized spacial score (nSPS) is 24.5. The van der Waals surface area contributed by atoms with Crippen LogP contribution in [-0.2, 0) is 4.79 Å². The van der Waals surface area contributed by atoms with Crippen molar-refractivity contribution in [1.29, 1.82) is 0 Å². The largest absolute Gasteiger partial charge is 0.342 e. The minimum absolute atomic E-state index is 0. The van der Waals surface area contributed by atoms with Gasteiger partial charge in [0, 0.05) is 41.6 Å². The Morgan fingerprint density at radius 1 is 1.00 bits per heavy atom. The molecule has 132 valence electrons. The van der Waals surface area contributed by atoms with Gasteiger partial charge in [0.2, 0.25) is 5.91 Å². The SMILES string of the molecule is Cl.NC1CCC(C(=O)N2CCC(C(=O)c3ccc(Cl)cc3)CC2)C1. The summed E-state index contributed by atoms with van der Waals surface area (Å²) in [6, 6.07) is 7.23. The van der Waals surface area contributed by atoms with Crippen molar-refractivity contribution in [3.8, 4) is 0 Å².